The van der Waals surface area contributed by atoms with Crippen molar-refractivity contribution in [1.82, 2.24) is 10.3 Å². The van der Waals surface area contributed by atoms with E-state index in [4.69, 9.17) is 9.25 Å². The molecule has 0 saturated heterocycles. The molecule has 0 saturated carbocycles. The molecular weight excluding hydrogens is 318 g/mol. The first-order valence-corrected chi connectivity index (χ1v) is 8.17. The molecule has 25 heavy (non-hydrogen) atoms. The number of hydrogen-bond acceptors (Lipinski definition) is 5. The second-order valence-corrected chi connectivity index (χ2v) is 5.92. The summed E-state index contributed by atoms with van der Waals surface area (Å²) in [5.74, 6) is 0.385. The third kappa shape index (κ3) is 3.52. The van der Waals surface area contributed by atoms with Gasteiger partial charge in [-0.1, -0.05) is 47.6 Å². The van der Waals surface area contributed by atoms with E-state index in [0.717, 1.165) is 16.7 Å². The lowest BCUT2D eigenvalue weighted by molar-refractivity contribution is -0.115. The van der Waals surface area contributed by atoms with E-state index in [2.05, 4.69) is 15.5 Å². The fourth-order valence-electron chi connectivity index (χ4n) is 2.75. The van der Waals surface area contributed by atoms with Gasteiger partial charge < -0.3 is 14.6 Å². The molecule has 1 atom stereocenters. The van der Waals surface area contributed by atoms with Gasteiger partial charge >= 0.3 is 0 Å². The molecule has 1 amide bonds. The Bertz CT molecular complexity index is 885. The number of para-hydroxylation sites is 2. The van der Waals surface area contributed by atoms with Gasteiger partial charge in [-0.3, -0.25) is 4.79 Å². The average Bonchev–Trinajstić information content (AvgIpc) is 3.27. The van der Waals surface area contributed by atoms with Crippen molar-refractivity contribution in [2.75, 3.05) is 0 Å². The van der Waals surface area contributed by atoms with Crippen molar-refractivity contribution in [2.45, 2.75) is 25.5 Å². The number of fused-ring (bicyclic) bond motifs is 1. The van der Waals surface area contributed by atoms with Crippen LogP contribution in [-0.4, -0.2) is 22.7 Å². The number of carbonyl (C=O) groups excluding carboxylic acids is 1. The summed E-state index contributed by atoms with van der Waals surface area (Å²) in [6.45, 7) is 0.467. The third-order valence-electron chi connectivity index (χ3n) is 4.03. The molecule has 6 heteroatoms. The van der Waals surface area contributed by atoms with Crippen molar-refractivity contribution in [3.8, 4) is 0 Å². The van der Waals surface area contributed by atoms with Crippen molar-refractivity contribution >= 4 is 22.7 Å². The van der Waals surface area contributed by atoms with Crippen molar-refractivity contribution in [3.05, 3.63) is 66.1 Å². The van der Waals surface area contributed by atoms with Crippen LogP contribution < -0.4 is 5.32 Å². The SMILES string of the molecule is O=C(NCc1ccccc1)C1=NO[C@H](Cc2nc3ccccc3o2)C1. The van der Waals surface area contributed by atoms with Crippen LogP contribution in [-0.2, 0) is 22.6 Å². The number of amides is 1. The Kier molecular flexibility index (Phi) is 4.16. The number of benzene rings is 2. The predicted molar refractivity (Wildman–Crippen MR) is 92.9 cm³/mol. The number of oxime groups is 1. The van der Waals surface area contributed by atoms with Gasteiger partial charge in [0.15, 0.2) is 11.5 Å². The molecule has 3 aromatic rings. The van der Waals surface area contributed by atoms with Gasteiger partial charge in [-0.25, -0.2) is 4.98 Å². The summed E-state index contributed by atoms with van der Waals surface area (Å²) in [5, 5.41) is 6.77. The third-order valence-corrected chi connectivity index (χ3v) is 4.03. The van der Waals surface area contributed by atoms with Crippen LogP contribution in [0.3, 0.4) is 0 Å². The van der Waals surface area contributed by atoms with Gasteiger partial charge in [0.1, 0.15) is 17.3 Å². The molecule has 126 valence electrons. The Balaban J connectivity index is 1.32. The maximum absolute atomic E-state index is 12.2. The summed E-state index contributed by atoms with van der Waals surface area (Å²) in [4.78, 5) is 22.0. The van der Waals surface area contributed by atoms with Crippen LogP contribution in [0.5, 0.6) is 0 Å². The normalized spacial score (nSPS) is 16.5. The Morgan fingerprint density at radius 1 is 1.12 bits per heavy atom. The van der Waals surface area contributed by atoms with Crippen LogP contribution in [0, 0.1) is 0 Å². The molecule has 2 heterocycles. The molecule has 0 unspecified atom stereocenters. The molecule has 4 rings (SSSR count). The van der Waals surface area contributed by atoms with E-state index in [1.807, 2.05) is 54.6 Å². The fourth-order valence-corrected chi connectivity index (χ4v) is 2.75. The first-order valence-electron chi connectivity index (χ1n) is 8.17. The summed E-state index contributed by atoms with van der Waals surface area (Å²) in [5.41, 5.74) is 3.00. The Morgan fingerprint density at radius 2 is 1.92 bits per heavy atom. The minimum Gasteiger partial charge on any atom is -0.441 e. The van der Waals surface area contributed by atoms with Crippen molar-refractivity contribution in [3.63, 3.8) is 0 Å². The fraction of sp³-hybridized carbons (Fsp3) is 0.211. The monoisotopic (exact) mass is 335 g/mol. The van der Waals surface area contributed by atoms with Gasteiger partial charge in [0, 0.05) is 13.0 Å². The van der Waals surface area contributed by atoms with Gasteiger partial charge in [0.25, 0.3) is 5.91 Å². The Labute approximate surface area is 144 Å². The van der Waals surface area contributed by atoms with E-state index < -0.39 is 0 Å². The predicted octanol–water partition coefficient (Wildman–Crippen LogP) is 2.83. The van der Waals surface area contributed by atoms with Gasteiger partial charge in [-0.05, 0) is 17.7 Å². The number of carbonyl (C=O) groups is 1. The number of nitrogens with one attached hydrogen (secondary N) is 1. The molecular formula is C19H17N3O3. The summed E-state index contributed by atoms with van der Waals surface area (Å²) < 4.78 is 5.69. The molecule has 0 radical (unpaired) electrons. The van der Waals surface area contributed by atoms with Crippen LogP contribution in [0.15, 0.2) is 64.2 Å². The molecule has 6 nitrogen and oxygen atoms in total. The van der Waals surface area contributed by atoms with Crippen LogP contribution >= 0.6 is 0 Å². The van der Waals surface area contributed by atoms with Crippen LogP contribution in [0.1, 0.15) is 17.9 Å². The maximum atomic E-state index is 12.2. The topological polar surface area (TPSA) is 76.7 Å². The summed E-state index contributed by atoms with van der Waals surface area (Å²) in [7, 11) is 0. The van der Waals surface area contributed by atoms with E-state index in [1.165, 1.54) is 0 Å². The van der Waals surface area contributed by atoms with Crippen LogP contribution in [0.25, 0.3) is 11.1 Å². The summed E-state index contributed by atoms with van der Waals surface area (Å²) >= 11 is 0. The second-order valence-electron chi connectivity index (χ2n) is 5.92. The molecule has 1 N–H and O–H groups in total. The smallest absolute Gasteiger partial charge is 0.269 e. The van der Waals surface area contributed by atoms with E-state index >= 15 is 0 Å². The number of aromatic nitrogens is 1. The molecule has 0 bridgehead atoms. The quantitative estimate of drug-likeness (QED) is 0.778. The van der Waals surface area contributed by atoms with E-state index in [-0.39, 0.29) is 12.0 Å². The van der Waals surface area contributed by atoms with Gasteiger partial charge in [0.2, 0.25) is 0 Å². The number of nitrogens with zero attached hydrogens (tertiary/aromatic N) is 2. The number of hydrogen-bond donors (Lipinski definition) is 1. The van der Waals surface area contributed by atoms with E-state index in [1.54, 1.807) is 0 Å². The lowest BCUT2D eigenvalue weighted by Gasteiger charge is -2.05. The minimum absolute atomic E-state index is 0.205. The van der Waals surface area contributed by atoms with Crippen molar-refractivity contribution in [2.24, 2.45) is 5.16 Å². The molecule has 1 aliphatic heterocycles. The average molecular weight is 335 g/mol. The molecule has 2 aromatic carbocycles. The summed E-state index contributed by atoms with van der Waals surface area (Å²) in [6, 6.07) is 17.3. The minimum atomic E-state index is -0.231. The molecule has 0 spiro atoms. The first-order chi connectivity index (χ1) is 12.3. The van der Waals surface area contributed by atoms with Gasteiger partial charge in [0.05, 0.1) is 6.42 Å². The van der Waals surface area contributed by atoms with E-state index in [9.17, 15) is 4.79 Å². The Hall–Kier alpha value is -3.15. The molecule has 1 aliphatic rings. The zero-order chi connectivity index (χ0) is 17.1. The van der Waals surface area contributed by atoms with Gasteiger partial charge in [-0.15, -0.1) is 0 Å². The largest absolute Gasteiger partial charge is 0.441 e. The highest BCUT2D eigenvalue weighted by atomic mass is 16.6. The highest BCUT2D eigenvalue weighted by Crippen LogP contribution is 2.20. The highest BCUT2D eigenvalue weighted by Gasteiger charge is 2.27. The van der Waals surface area contributed by atoms with Crippen molar-refractivity contribution < 1.29 is 14.0 Å². The highest BCUT2D eigenvalue weighted by molar-refractivity contribution is 6.39. The van der Waals surface area contributed by atoms with Crippen LogP contribution in [0.4, 0.5) is 0 Å². The van der Waals surface area contributed by atoms with Gasteiger partial charge in [-0.2, -0.15) is 0 Å². The number of oxazole rings is 1. The van der Waals surface area contributed by atoms with Crippen molar-refractivity contribution in [1.29, 1.82) is 0 Å². The van der Waals surface area contributed by atoms with E-state index in [0.29, 0.717) is 31.0 Å². The standard InChI is InChI=1S/C19H17N3O3/c23-19(20-12-13-6-2-1-3-7-13)16-10-14(25-22-16)11-18-21-15-8-4-5-9-17(15)24-18/h1-9,14H,10-12H2,(H,20,23)/t14-/m0/s1. The Morgan fingerprint density at radius 3 is 2.76 bits per heavy atom. The molecule has 0 aliphatic carbocycles. The van der Waals surface area contributed by atoms with Crippen LogP contribution in [0.2, 0.25) is 0 Å². The zero-order valence-corrected chi connectivity index (χ0v) is 13.5. The lowest BCUT2D eigenvalue weighted by Crippen LogP contribution is -2.30. The molecule has 0 fully saturated rings. The molecule has 1 aromatic heterocycles. The zero-order valence-electron chi connectivity index (χ0n) is 13.5. The number of rotatable bonds is 5. The first kappa shape index (κ1) is 15.4. The maximum Gasteiger partial charge on any atom is 0.269 e. The summed E-state index contributed by atoms with van der Waals surface area (Å²) in [6.07, 6.45) is 0.693. The lowest BCUT2D eigenvalue weighted by atomic mass is 10.1. The second kappa shape index (κ2) is 6.76.